The molecule has 2 N–H and O–H groups in total. The number of hydrogen-bond acceptors (Lipinski definition) is 5. The predicted octanol–water partition coefficient (Wildman–Crippen LogP) is 4.93. The first-order valence-electron chi connectivity index (χ1n) is 13.4. The van der Waals surface area contributed by atoms with Crippen LogP contribution in [0.1, 0.15) is 61.3 Å². The molecule has 2 aliphatic rings. The number of anilines is 1. The second kappa shape index (κ2) is 10.6. The molecule has 0 spiro atoms. The van der Waals surface area contributed by atoms with Crippen molar-refractivity contribution in [2.75, 3.05) is 5.32 Å². The monoisotopic (exact) mass is 518 g/mol. The van der Waals surface area contributed by atoms with Crippen LogP contribution in [0, 0.1) is 43.5 Å². The van der Waals surface area contributed by atoms with E-state index in [0.717, 1.165) is 31.2 Å². The van der Waals surface area contributed by atoms with Gasteiger partial charge in [-0.1, -0.05) is 13.8 Å². The number of aryl methyl sites for hydroxylation is 2. The highest BCUT2D eigenvalue weighted by Crippen LogP contribution is 2.51. The molecule has 8 nitrogen and oxygen atoms in total. The Morgan fingerprint density at radius 3 is 2.42 bits per heavy atom. The number of aromatic nitrogens is 4. The summed E-state index contributed by atoms with van der Waals surface area (Å²) in [6, 6.07) is 6.01. The normalized spacial score (nSPS) is 16.1. The first kappa shape index (κ1) is 26.0. The summed E-state index contributed by atoms with van der Waals surface area (Å²) in [6.07, 6.45) is 7.55. The first-order valence-corrected chi connectivity index (χ1v) is 13.4. The van der Waals surface area contributed by atoms with Crippen LogP contribution in [0.25, 0.3) is 11.1 Å². The van der Waals surface area contributed by atoms with Crippen molar-refractivity contribution < 1.29 is 14.0 Å². The van der Waals surface area contributed by atoms with Gasteiger partial charge in [-0.2, -0.15) is 9.49 Å². The SMILES string of the molecule is Cc1cnc(C)c(-c2ccc(NC(=O)[C@@H](NC(=O)c3ccnn3CC(C)C)C(C3CC3)C3CC3)nc2F)c1. The number of pyridine rings is 2. The summed E-state index contributed by atoms with van der Waals surface area (Å²) in [5, 5.41) is 10.1. The van der Waals surface area contributed by atoms with Crippen LogP contribution in [0.15, 0.2) is 36.7 Å². The number of halogens is 1. The smallest absolute Gasteiger partial charge is 0.270 e. The van der Waals surface area contributed by atoms with Gasteiger partial charge in [0.2, 0.25) is 11.9 Å². The van der Waals surface area contributed by atoms with E-state index in [1.54, 1.807) is 35.3 Å². The third kappa shape index (κ3) is 5.76. The van der Waals surface area contributed by atoms with Crippen molar-refractivity contribution in [3.63, 3.8) is 0 Å². The molecule has 2 aliphatic carbocycles. The number of hydrogen-bond donors (Lipinski definition) is 2. The number of amides is 2. The zero-order valence-corrected chi connectivity index (χ0v) is 22.4. The van der Waals surface area contributed by atoms with Gasteiger partial charge in [0.25, 0.3) is 5.91 Å². The Balaban J connectivity index is 1.38. The minimum atomic E-state index is -0.738. The topological polar surface area (TPSA) is 102 Å². The summed E-state index contributed by atoms with van der Waals surface area (Å²) in [7, 11) is 0. The molecule has 0 radical (unpaired) electrons. The molecule has 9 heteroatoms. The summed E-state index contributed by atoms with van der Waals surface area (Å²) >= 11 is 0. The van der Waals surface area contributed by atoms with Gasteiger partial charge in [0.05, 0.1) is 0 Å². The number of nitrogens with zero attached hydrogens (tertiary/aromatic N) is 4. The fraction of sp³-hybridized carbons (Fsp3) is 0.483. The zero-order valence-electron chi connectivity index (χ0n) is 22.4. The summed E-state index contributed by atoms with van der Waals surface area (Å²) in [6.45, 7) is 8.44. The zero-order chi connectivity index (χ0) is 27.0. The molecule has 2 saturated carbocycles. The largest absolute Gasteiger partial charge is 0.339 e. The molecule has 3 aromatic rings. The fourth-order valence-electron chi connectivity index (χ4n) is 5.28. The molecule has 200 valence electrons. The molecule has 0 unspecified atom stereocenters. The van der Waals surface area contributed by atoms with Gasteiger partial charge in [0.1, 0.15) is 17.6 Å². The van der Waals surface area contributed by atoms with Crippen LogP contribution in [0.4, 0.5) is 10.2 Å². The molecule has 38 heavy (non-hydrogen) atoms. The molecule has 3 aromatic heterocycles. The third-order valence-electron chi connectivity index (χ3n) is 7.39. The van der Waals surface area contributed by atoms with Crippen LogP contribution in [0.5, 0.6) is 0 Å². The van der Waals surface area contributed by atoms with Crippen molar-refractivity contribution in [1.29, 1.82) is 0 Å². The Labute approximate surface area is 222 Å². The van der Waals surface area contributed by atoms with Gasteiger partial charge in [0, 0.05) is 35.8 Å². The van der Waals surface area contributed by atoms with E-state index in [1.807, 2.05) is 19.9 Å². The highest BCUT2D eigenvalue weighted by Gasteiger charge is 2.48. The lowest BCUT2D eigenvalue weighted by Gasteiger charge is -2.27. The quantitative estimate of drug-likeness (QED) is 0.371. The molecule has 0 bridgehead atoms. The lowest BCUT2D eigenvalue weighted by atomic mass is 9.88. The molecule has 3 heterocycles. The average molecular weight is 519 g/mol. The standard InChI is InChI=1S/C29H35FN6O2/c1-16(2)15-36-23(11-12-32-36)28(37)35-26(25(19-5-6-19)20-7-8-20)29(38)34-24-10-9-21(27(30)33-24)22-13-17(3)14-31-18(22)4/h9-14,16,19-20,25-26H,5-8,15H2,1-4H3,(H,35,37)(H,33,34,38)/t26-/m0/s1. The van der Waals surface area contributed by atoms with Gasteiger partial charge in [-0.05, 0) is 93.0 Å². The summed E-state index contributed by atoms with van der Waals surface area (Å²) in [5.41, 5.74) is 3.04. The lowest BCUT2D eigenvalue weighted by molar-refractivity contribution is -0.119. The molecule has 2 fully saturated rings. The van der Waals surface area contributed by atoms with E-state index in [-0.39, 0.29) is 23.6 Å². The van der Waals surface area contributed by atoms with E-state index < -0.39 is 12.0 Å². The minimum Gasteiger partial charge on any atom is -0.339 e. The molecule has 1 atom stereocenters. The Hall–Kier alpha value is -3.62. The van der Waals surface area contributed by atoms with Crippen molar-refractivity contribution in [1.82, 2.24) is 25.1 Å². The second-order valence-electron chi connectivity index (χ2n) is 11.2. The summed E-state index contributed by atoms with van der Waals surface area (Å²) in [4.78, 5) is 35.3. The maximum atomic E-state index is 15.1. The fourth-order valence-corrected chi connectivity index (χ4v) is 5.28. The Morgan fingerprint density at radius 1 is 1.08 bits per heavy atom. The van der Waals surface area contributed by atoms with Crippen LogP contribution in [-0.4, -0.2) is 37.6 Å². The lowest BCUT2D eigenvalue weighted by Crippen LogP contribution is -2.50. The number of nitrogens with one attached hydrogen (secondary N) is 2. The predicted molar refractivity (Wildman–Crippen MR) is 143 cm³/mol. The molecule has 0 aromatic carbocycles. The van der Waals surface area contributed by atoms with E-state index in [4.69, 9.17) is 0 Å². The number of carbonyl (C=O) groups is 2. The van der Waals surface area contributed by atoms with Crippen molar-refractivity contribution in [3.05, 3.63) is 59.6 Å². The van der Waals surface area contributed by atoms with Crippen molar-refractivity contribution in [3.8, 4) is 11.1 Å². The van der Waals surface area contributed by atoms with E-state index in [1.165, 1.54) is 0 Å². The minimum absolute atomic E-state index is 0.0468. The molecule has 5 rings (SSSR count). The highest BCUT2D eigenvalue weighted by atomic mass is 19.1. The van der Waals surface area contributed by atoms with Gasteiger partial charge < -0.3 is 10.6 Å². The Kier molecular flexibility index (Phi) is 7.27. The maximum Gasteiger partial charge on any atom is 0.270 e. The van der Waals surface area contributed by atoms with Gasteiger partial charge >= 0.3 is 0 Å². The second-order valence-corrected chi connectivity index (χ2v) is 11.2. The van der Waals surface area contributed by atoms with Gasteiger partial charge in [-0.15, -0.1) is 0 Å². The third-order valence-corrected chi connectivity index (χ3v) is 7.39. The molecule has 0 saturated heterocycles. The Bertz CT molecular complexity index is 1330. The van der Waals surface area contributed by atoms with E-state index in [0.29, 0.717) is 46.8 Å². The average Bonchev–Trinajstić information content (AvgIpc) is 3.80. The van der Waals surface area contributed by atoms with E-state index in [2.05, 4.69) is 39.5 Å². The van der Waals surface area contributed by atoms with Crippen LogP contribution in [-0.2, 0) is 11.3 Å². The van der Waals surface area contributed by atoms with Gasteiger partial charge in [-0.25, -0.2) is 4.98 Å². The summed E-state index contributed by atoms with van der Waals surface area (Å²) in [5.74, 6) is -0.0934. The number of carbonyl (C=O) groups excluding carboxylic acids is 2. The summed E-state index contributed by atoms with van der Waals surface area (Å²) < 4.78 is 16.8. The Morgan fingerprint density at radius 2 is 1.79 bits per heavy atom. The van der Waals surface area contributed by atoms with Crippen LogP contribution in [0.3, 0.4) is 0 Å². The van der Waals surface area contributed by atoms with E-state index >= 15 is 4.39 Å². The van der Waals surface area contributed by atoms with Crippen molar-refractivity contribution in [2.24, 2.45) is 23.7 Å². The van der Waals surface area contributed by atoms with Crippen molar-refractivity contribution in [2.45, 2.75) is 66.0 Å². The highest BCUT2D eigenvalue weighted by molar-refractivity contribution is 6.00. The molecule has 0 aliphatic heterocycles. The first-order chi connectivity index (χ1) is 18.2. The van der Waals surface area contributed by atoms with Gasteiger partial charge in [-0.3, -0.25) is 19.3 Å². The number of rotatable bonds is 10. The van der Waals surface area contributed by atoms with Crippen molar-refractivity contribution >= 4 is 17.6 Å². The van der Waals surface area contributed by atoms with E-state index in [9.17, 15) is 9.59 Å². The van der Waals surface area contributed by atoms with Crippen LogP contribution in [0.2, 0.25) is 0 Å². The molecular weight excluding hydrogens is 483 g/mol. The van der Waals surface area contributed by atoms with Crippen LogP contribution >= 0.6 is 0 Å². The van der Waals surface area contributed by atoms with Gasteiger partial charge in [0.15, 0.2) is 0 Å². The van der Waals surface area contributed by atoms with Crippen LogP contribution < -0.4 is 10.6 Å². The molecule has 2 amide bonds. The molecular formula is C29H35FN6O2. The maximum absolute atomic E-state index is 15.1.